The number of allylic oxidation sites excluding steroid dienone is 1. The summed E-state index contributed by atoms with van der Waals surface area (Å²) < 4.78 is 0. The molecule has 0 aliphatic heterocycles. The average Bonchev–Trinajstić information content (AvgIpc) is 2.89. The normalized spacial score (nSPS) is 16.9. The molecule has 17 heavy (non-hydrogen) atoms. The van der Waals surface area contributed by atoms with Gasteiger partial charge in [0.25, 0.3) is 0 Å². The van der Waals surface area contributed by atoms with Crippen LogP contribution in [0.1, 0.15) is 50.3 Å². The van der Waals surface area contributed by atoms with Crippen LogP contribution < -0.4 is 5.32 Å². The predicted octanol–water partition coefficient (Wildman–Crippen LogP) is 4.01. The monoisotopic (exact) mass is 229 g/mol. The zero-order valence-corrected chi connectivity index (χ0v) is 11.0. The van der Waals surface area contributed by atoms with Gasteiger partial charge in [0.05, 0.1) is 6.04 Å². The van der Waals surface area contributed by atoms with Gasteiger partial charge in [-0.25, -0.2) is 0 Å². The number of hydrogen-bond donors (Lipinski definition) is 1. The molecule has 0 fully saturated rings. The number of hydrogen-bond acceptors (Lipinski definition) is 1. The van der Waals surface area contributed by atoms with Gasteiger partial charge in [0.2, 0.25) is 0 Å². The van der Waals surface area contributed by atoms with Crippen LogP contribution in [-0.4, -0.2) is 6.54 Å². The first-order valence-electron chi connectivity index (χ1n) is 6.87. The van der Waals surface area contributed by atoms with Crippen LogP contribution in [0, 0.1) is 0 Å². The second kappa shape index (κ2) is 6.02. The summed E-state index contributed by atoms with van der Waals surface area (Å²) in [4.78, 5) is 0. The molecule has 1 unspecified atom stereocenters. The van der Waals surface area contributed by atoms with Crippen LogP contribution in [0.4, 0.5) is 0 Å². The van der Waals surface area contributed by atoms with Gasteiger partial charge in [-0.1, -0.05) is 49.8 Å². The van der Waals surface area contributed by atoms with Crippen molar-refractivity contribution in [1.82, 2.24) is 5.32 Å². The van der Waals surface area contributed by atoms with Gasteiger partial charge in [-0.15, -0.1) is 0 Å². The Labute approximate surface area is 105 Å². The molecule has 1 N–H and O–H groups in total. The molecule has 0 saturated carbocycles. The van der Waals surface area contributed by atoms with Gasteiger partial charge in [0.15, 0.2) is 0 Å². The van der Waals surface area contributed by atoms with E-state index in [0.717, 1.165) is 13.0 Å². The molecule has 0 radical (unpaired) electrons. The minimum absolute atomic E-state index is 0.443. The Hall–Kier alpha value is -1.08. The zero-order valence-electron chi connectivity index (χ0n) is 11.0. The summed E-state index contributed by atoms with van der Waals surface area (Å²) in [5.74, 6) is 0. The van der Waals surface area contributed by atoms with Crippen molar-refractivity contribution in [2.45, 2.75) is 45.6 Å². The van der Waals surface area contributed by atoms with E-state index in [9.17, 15) is 0 Å². The van der Waals surface area contributed by atoms with Gasteiger partial charge in [-0.05, 0) is 43.4 Å². The standard InChI is InChI=1S/C16H23N/c1-3-13-9-7-8-12-15(13)16(17-4-2)14-10-5-6-11-14/h7-10,12,16-17H,3-6,11H2,1-2H3. The molecule has 0 aromatic heterocycles. The smallest absolute Gasteiger partial charge is 0.0538 e. The molecule has 0 heterocycles. The lowest BCUT2D eigenvalue weighted by atomic mass is 9.93. The van der Waals surface area contributed by atoms with Gasteiger partial charge >= 0.3 is 0 Å². The van der Waals surface area contributed by atoms with Crippen molar-refractivity contribution in [2.24, 2.45) is 0 Å². The third-order valence-corrected chi connectivity index (χ3v) is 3.60. The molecular formula is C16H23N. The Morgan fingerprint density at radius 1 is 1.24 bits per heavy atom. The molecule has 92 valence electrons. The highest BCUT2D eigenvalue weighted by atomic mass is 14.9. The summed E-state index contributed by atoms with van der Waals surface area (Å²) in [6.45, 7) is 5.46. The minimum atomic E-state index is 0.443. The van der Waals surface area contributed by atoms with Crippen LogP contribution in [0.3, 0.4) is 0 Å². The Morgan fingerprint density at radius 3 is 2.71 bits per heavy atom. The first kappa shape index (κ1) is 12.4. The molecule has 1 heteroatoms. The van der Waals surface area contributed by atoms with E-state index in [1.165, 1.54) is 30.4 Å². The highest BCUT2D eigenvalue weighted by molar-refractivity contribution is 5.36. The van der Waals surface area contributed by atoms with Crippen molar-refractivity contribution >= 4 is 0 Å². The van der Waals surface area contributed by atoms with Crippen LogP contribution in [0.2, 0.25) is 0 Å². The molecule has 1 aliphatic carbocycles. The SMILES string of the molecule is CCNC(C1=CCCC1)c1ccccc1CC. The molecule has 1 aromatic carbocycles. The van der Waals surface area contributed by atoms with Crippen LogP contribution in [0.15, 0.2) is 35.9 Å². The molecule has 1 nitrogen and oxygen atoms in total. The van der Waals surface area contributed by atoms with Crippen LogP contribution in [0.25, 0.3) is 0 Å². The van der Waals surface area contributed by atoms with Crippen molar-refractivity contribution < 1.29 is 0 Å². The summed E-state index contributed by atoms with van der Waals surface area (Å²) in [5, 5.41) is 3.65. The van der Waals surface area contributed by atoms with E-state index in [0.29, 0.717) is 6.04 Å². The first-order chi connectivity index (χ1) is 8.36. The van der Waals surface area contributed by atoms with E-state index in [4.69, 9.17) is 0 Å². The van der Waals surface area contributed by atoms with Crippen molar-refractivity contribution in [3.8, 4) is 0 Å². The third-order valence-electron chi connectivity index (χ3n) is 3.60. The van der Waals surface area contributed by atoms with Crippen molar-refractivity contribution in [3.63, 3.8) is 0 Å². The molecule has 1 atom stereocenters. The minimum Gasteiger partial charge on any atom is -0.307 e. The second-order valence-electron chi connectivity index (χ2n) is 4.71. The molecule has 0 bridgehead atoms. The van der Waals surface area contributed by atoms with Crippen molar-refractivity contribution in [3.05, 3.63) is 47.0 Å². The average molecular weight is 229 g/mol. The lowest BCUT2D eigenvalue weighted by molar-refractivity contribution is 0.601. The number of aryl methyl sites for hydroxylation is 1. The van der Waals surface area contributed by atoms with E-state index < -0.39 is 0 Å². The molecule has 2 rings (SSSR count). The summed E-state index contributed by atoms with van der Waals surface area (Å²) in [6, 6.07) is 9.29. The van der Waals surface area contributed by atoms with Crippen LogP contribution in [-0.2, 0) is 6.42 Å². The Bertz CT molecular complexity index is 392. The molecule has 0 amide bonds. The highest BCUT2D eigenvalue weighted by Crippen LogP contribution is 2.32. The van der Waals surface area contributed by atoms with Crippen LogP contribution >= 0.6 is 0 Å². The van der Waals surface area contributed by atoms with Crippen LogP contribution in [0.5, 0.6) is 0 Å². The number of benzene rings is 1. The number of nitrogens with one attached hydrogen (secondary N) is 1. The molecule has 0 spiro atoms. The summed E-state index contributed by atoms with van der Waals surface area (Å²) >= 11 is 0. The quantitative estimate of drug-likeness (QED) is 0.752. The van der Waals surface area contributed by atoms with E-state index >= 15 is 0 Å². The maximum atomic E-state index is 3.65. The maximum Gasteiger partial charge on any atom is 0.0538 e. The van der Waals surface area contributed by atoms with E-state index in [2.05, 4.69) is 49.5 Å². The van der Waals surface area contributed by atoms with Gasteiger partial charge in [0, 0.05) is 0 Å². The van der Waals surface area contributed by atoms with Gasteiger partial charge in [-0.2, -0.15) is 0 Å². The summed E-state index contributed by atoms with van der Waals surface area (Å²) in [6.07, 6.45) is 7.39. The third kappa shape index (κ3) is 2.78. The summed E-state index contributed by atoms with van der Waals surface area (Å²) in [7, 11) is 0. The number of likely N-dealkylation sites (N-methyl/N-ethyl adjacent to an activating group) is 1. The Kier molecular flexibility index (Phi) is 4.38. The molecule has 1 aliphatic rings. The topological polar surface area (TPSA) is 12.0 Å². The van der Waals surface area contributed by atoms with E-state index in [1.54, 1.807) is 5.57 Å². The number of rotatable bonds is 5. The lowest BCUT2D eigenvalue weighted by Crippen LogP contribution is -2.23. The molecule has 0 saturated heterocycles. The van der Waals surface area contributed by atoms with Gasteiger partial charge in [0.1, 0.15) is 0 Å². The molecular weight excluding hydrogens is 206 g/mol. The highest BCUT2D eigenvalue weighted by Gasteiger charge is 2.19. The van der Waals surface area contributed by atoms with Gasteiger partial charge < -0.3 is 5.32 Å². The zero-order chi connectivity index (χ0) is 12.1. The van der Waals surface area contributed by atoms with E-state index in [1.807, 2.05) is 0 Å². The fraction of sp³-hybridized carbons (Fsp3) is 0.500. The fourth-order valence-electron chi connectivity index (χ4n) is 2.74. The molecule has 1 aromatic rings. The Balaban J connectivity index is 2.31. The van der Waals surface area contributed by atoms with Crippen molar-refractivity contribution in [2.75, 3.05) is 6.54 Å². The largest absolute Gasteiger partial charge is 0.307 e. The van der Waals surface area contributed by atoms with Crippen molar-refractivity contribution in [1.29, 1.82) is 0 Å². The Morgan fingerprint density at radius 2 is 2.06 bits per heavy atom. The first-order valence-corrected chi connectivity index (χ1v) is 6.87. The summed E-state index contributed by atoms with van der Waals surface area (Å²) in [5.41, 5.74) is 4.55. The fourth-order valence-corrected chi connectivity index (χ4v) is 2.74. The maximum absolute atomic E-state index is 3.65. The van der Waals surface area contributed by atoms with E-state index in [-0.39, 0.29) is 0 Å². The predicted molar refractivity (Wildman–Crippen MR) is 74.2 cm³/mol. The second-order valence-corrected chi connectivity index (χ2v) is 4.71. The van der Waals surface area contributed by atoms with Gasteiger partial charge in [-0.3, -0.25) is 0 Å². The lowest BCUT2D eigenvalue weighted by Gasteiger charge is -2.22.